The zero-order chi connectivity index (χ0) is 17.6. The Kier molecular flexibility index (Phi) is 4.89. The van der Waals surface area contributed by atoms with Crippen molar-refractivity contribution in [3.05, 3.63) is 83.6 Å². The van der Waals surface area contributed by atoms with Gasteiger partial charge in [0, 0.05) is 11.9 Å². The first kappa shape index (κ1) is 16.4. The molecule has 0 unspecified atom stereocenters. The lowest BCUT2D eigenvalue weighted by Crippen LogP contribution is -2.13. The molecule has 1 N–H and O–H groups in total. The molecule has 0 spiro atoms. The van der Waals surface area contributed by atoms with Gasteiger partial charge in [0.2, 0.25) is 0 Å². The van der Waals surface area contributed by atoms with Crippen molar-refractivity contribution in [1.29, 1.82) is 0 Å². The molecule has 1 amide bonds. The van der Waals surface area contributed by atoms with Crippen LogP contribution in [0, 0.1) is 6.92 Å². The summed E-state index contributed by atoms with van der Waals surface area (Å²) in [4.78, 5) is 28.4. The SMILES string of the molecule is Cc1ccc(C(=O)OCc2ccccn2)cc1NC(=O)c1ccco1. The number of carbonyl (C=O) groups excluding carboxylic acids is 2. The first-order chi connectivity index (χ1) is 12.1. The lowest BCUT2D eigenvalue weighted by atomic mass is 10.1. The second-order valence-corrected chi connectivity index (χ2v) is 5.36. The molecular weight excluding hydrogens is 320 g/mol. The Morgan fingerprint density at radius 2 is 2.04 bits per heavy atom. The topological polar surface area (TPSA) is 81.4 Å². The Hall–Kier alpha value is -3.41. The highest BCUT2D eigenvalue weighted by atomic mass is 16.5. The number of aromatic nitrogens is 1. The van der Waals surface area contributed by atoms with Gasteiger partial charge in [0.25, 0.3) is 5.91 Å². The smallest absolute Gasteiger partial charge is 0.338 e. The summed E-state index contributed by atoms with van der Waals surface area (Å²) in [5, 5.41) is 2.73. The van der Waals surface area contributed by atoms with Crippen molar-refractivity contribution in [2.24, 2.45) is 0 Å². The Labute approximate surface area is 144 Å². The molecule has 0 radical (unpaired) electrons. The molecule has 2 heterocycles. The summed E-state index contributed by atoms with van der Waals surface area (Å²) in [5.74, 6) is -0.672. The van der Waals surface area contributed by atoms with Crippen LogP contribution in [-0.4, -0.2) is 16.9 Å². The number of carbonyl (C=O) groups is 2. The fraction of sp³-hybridized carbons (Fsp3) is 0.105. The molecule has 0 fully saturated rings. The molecule has 6 heteroatoms. The van der Waals surface area contributed by atoms with Crippen molar-refractivity contribution >= 4 is 17.6 Å². The first-order valence-electron chi connectivity index (χ1n) is 7.66. The van der Waals surface area contributed by atoms with Crippen molar-refractivity contribution in [3.63, 3.8) is 0 Å². The van der Waals surface area contributed by atoms with E-state index in [-0.39, 0.29) is 18.3 Å². The number of nitrogens with one attached hydrogen (secondary N) is 1. The number of pyridine rings is 1. The van der Waals surface area contributed by atoms with Crippen LogP contribution in [0.1, 0.15) is 32.2 Å². The number of ether oxygens (including phenoxy) is 1. The van der Waals surface area contributed by atoms with Crippen molar-refractivity contribution in [1.82, 2.24) is 4.98 Å². The zero-order valence-corrected chi connectivity index (χ0v) is 13.6. The van der Waals surface area contributed by atoms with Gasteiger partial charge in [0.1, 0.15) is 6.61 Å². The molecule has 0 aliphatic rings. The van der Waals surface area contributed by atoms with Gasteiger partial charge in [0.15, 0.2) is 5.76 Å². The molecule has 0 atom stereocenters. The number of furan rings is 1. The number of nitrogens with zero attached hydrogens (tertiary/aromatic N) is 1. The normalized spacial score (nSPS) is 10.3. The van der Waals surface area contributed by atoms with Gasteiger partial charge in [-0.1, -0.05) is 12.1 Å². The second-order valence-electron chi connectivity index (χ2n) is 5.36. The molecule has 0 saturated heterocycles. The van der Waals surface area contributed by atoms with Crippen LogP contribution >= 0.6 is 0 Å². The van der Waals surface area contributed by atoms with E-state index in [2.05, 4.69) is 10.3 Å². The van der Waals surface area contributed by atoms with Crippen molar-refractivity contribution < 1.29 is 18.7 Å². The number of amides is 1. The average molecular weight is 336 g/mol. The fourth-order valence-corrected chi connectivity index (χ4v) is 2.18. The number of hydrogen-bond donors (Lipinski definition) is 1. The molecule has 0 aliphatic heterocycles. The standard InChI is InChI=1S/C19H16N2O4/c1-13-7-8-14(19(23)25-12-15-5-2-3-9-20-15)11-16(13)21-18(22)17-6-4-10-24-17/h2-11H,12H2,1H3,(H,21,22). The summed E-state index contributed by atoms with van der Waals surface area (Å²) >= 11 is 0. The van der Waals surface area contributed by atoms with E-state index in [1.807, 2.05) is 13.0 Å². The summed E-state index contributed by atoms with van der Waals surface area (Å²) in [6.07, 6.45) is 3.06. The molecule has 25 heavy (non-hydrogen) atoms. The minimum Gasteiger partial charge on any atom is -0.459 e. The van der Waals surface area contributed by atoms with E-state index in [4.69, 9.17) is 9.15 Å². The van der Waals surface area contributed by atoms with E-state index in [1.54, 1.807) is 48.7 Å². The summed E-state index contributed by atoms with van der Waals surface area (Å²) in [5.41, 5.74) is 2.35. The van der Waals surface area contributed by atoms with Crippen molar-refractivity contribution in [2.45, 2.75) is 13.5 Å². The zero-order valence-electron chi connectivity index (χ0n) is 13.6. The maximum absolute atomic E-state index is 12.2. The molecule has 2 aromatic heterocycles. The Morgan fingerprint density at radius 3 is 2.76 bits per heavy atom. The quantitative estimate of drug-likeness (QED) is 0.720. The van der Waals surface area contributed by atoms with Crippen LogP contribution in [0.3, 0.4) is 0 Å². The second kappa shape index (κ2) is 7.44. The largest absolute Gasteiger partial charge is 0.459 e. The van der Waals surface area contributed by atoms with Gasteiger partial charge in [-0.3, -0.25) is 9.78 Å². The molecule has 126 valence electrons. The Morgan fingerprint density at radius 1 is 1.16 bits per heavy atom. The summed E-state index contributed by atoms with van der Waals surface area (Å²) in [6, 6.07) is 13.6. The summed E-state index contributed by atoms with van der Waals surface area (Å²) in [7, 11) is 0. The molecule has 1 aromatic carbocycles. The third-order valence-corrected chi connectivity index (χ3v) is 3.54. The van der Waals surface area contributed by atoms with E-state index < -0.39 is 5.97 Å². The van der Waals surface area contributed by atoms with Crippen molar-refractivity contribution in [2.75, 3.05) is 5.32 Å². The number of rotatable bonds is 5. The number of anilines is 1. The average Bonchev–Trinajstić information content (AvgIpc) is 3.17. The van der Waals surface area contributed by atoms with E-state index in [0.717, 1.165) is 5.56 Å². The fourth-order valence-electron chi connectivity index (χ4n) is 2.18. The molecule has 3 aromatic rings. The van der Waals surface area contributed by atoms with Crippen LogP contribution in [0.25, 0.3) is 0 Å². The molecule has 3 rings (SSSR count). The third-order valence-electron chi connectivity index (χ3n) is 3.54. The van der Waals surface area contributed by atoms with Gasteiger partial charge < -0.3 is 14.5 Å². The van der Waals surface area contributed by atoms with Crippen LogP contribution < -0.4 is 5.32 Å². The van der Waals surface area contributed by atoms with Gasteiger partial charge in [-0.15, -0.1) is 0 Å². The van der Waals surface area contributed by atoms with Gasteiger partial charge in [-0.2, -0.15) is 0 Å². The highest BCUT2D eigenvalue weighted by Gasteiger charge is 2.14. The molecular formula is C19H16N2O4. The molecule has 0 bridgehead atoms. The molecule has 0 aliphatic carbocycles. The minimum absolute atomic E-state index is 0.0850. The summed E-state index contributed by atoms with van der Waals surface area (Å²) < 4.78 is 10.3. The van der Waals surface area contributed by atoms with E-state index in [0.29, 0.717) is 16.9 Å². The van der Waals surface area contributed by atoms with Crippen LogP contribution in [0.5, 0.6) is 0 Å². The Balaban J connectivity index is 1.70. The number of aryl methyl sites for hydroxylation is 1. The van der Waals surface area contributed by atoms with Crippen molar-refractivity contribution in [3.8, 4) is 0 Å². The first-order valence-corrected chi connectivity index (χ1v) is 7.66. The van der Waals surface area contributed by atoms with Gasteiger partial charge in [-0.05, 0) is 48.9 Å². The maximum Gasteiger partial charge on any atom is 0.338 e. The van der Waals surface area contributed by atoms with Crippen LogP contribution in [0.2, 0.25) is 0 Å². The molecule has 6 nitrogen and oxygen atoms in total. The minimum atomic E-state index is -0.487. The monoisotopic (exact) mass is 336 g/mol. The highest BCUT2D eigenvalue weighted by Crippen LogP contribution is 2.19. The Bertz CT molecular complexity index is 874. The van der Waals surface area contributed by atoms with Crippen LogP contribution in [0.4, 0.5) is 5.69 Å². The van der Waals surface area contributed by atoms with Gasteiger partial charge in [-0.25, -0.2) is 4.79 Å². The van der Waals surface area contributed by atoms with Crippen LogP contribution in [-0.2, 0) is 11.3 Å². The number of esters is 1. The predicted molar refractivity (Wildman–Crippen MR) is 91.2 cm³/mol. The number of hydrogen-bond acceptors (Lipinski definition) is 5. The number of benzene rings is 1. The van der Waals surface area contributed by atoms with E-state index in [1.165, 1.54) is 6.26 Å². The van der Waals surface area contributed by atoms with Gasteiger partial charge >= 0.3 is 5.97 Å². The highest BCUT2D eigenvalue weighted by molar-refractivity contribution is 6.03. The lowest BCUT2D eigenvalue weighted by Gasteiger charge is -2.10. The maximum atomic E-state index is 12.2. The lowest BCUT2D eigenvalue weighted by molar-refractivity contribution is 0.0467. The predicted octanol–water partition coefficient (Wildman–Crippen LogP) is 3.59. The molecule has 0 saturated carbocycles. The van der Waals surface area contributed by atoms with E-state index >= 15 is 0 Å². The van der Waals surface area contributed by atoms with Crippen LogP contribution in [0.15, 0.2) is 65.4 Å². The van der Waals surface area contributed by atoms with E-state index in [9.17, 15) is 9.59 Å². The summed E-state index contributed by atoms with van der Waals surface area (Å²) in [6.45, 7) is 1.92. The van der Waals surface area contributed by atoms with Gasteiger partial charge in [0.05, 0.1) is 17.5 Å². The third kappa shape index (κ3) is 4.11.